The van der Waals surface area contributed by atoms with Crippen LogP contribution in [0, 0.1) is 5.92 Å². The van der Waals surface area contributed by atoms with Gasteiger partial charge in [-0.05, 0) is 35.6 Å². The fourth-order valence-corrected chi connectivity index (χ4v) is 3.29. The van der Waals surface area contributed by atoms with Gasteiger partial charge in [0.05, 0.1) is 13.2 Å². The number of primary amides is 1. The monoisotopic (exact) mass is 362 g/mol. The summed E-state index contributed by atoms with van der Waals surface area (Å²) in [5, 5.41) is 5.05. The van der Waals surface area contributed by atoms with E-state index < -0.39 is 5.91 Å². The fraction of sp³-hybridized carbons (Fsp3) is 0.333. The Bertz CT molecular complexity index is 729. The van der Waals surface area contributed by atoms with Gasteiger partial charge in [-0.1, -0.05) is 19.9 Å². The predicted molar refractivity (Wildman–Crippen MR) is 97.0 cm³/mol. The molecule has 0 aliphatic carbocycles. The molecule has 7 heteroatoms. The molecule has 1 aromatic carbocycles. The first-order chi connectivity index (χ1) is 11.9. The van der Waals surface area contributed by atoms with Crippen LogP contribution in [0.1, 0.15) is 35.1 Å². The molecule has 2 rings (SSSR count). The van der Waals surface area contributed by atoms with E-state index in [0.29, 0.717) is 17.1 Å². The number of carbonyl (C=O) groups excluding carboxylic acids is 2. The molecule has 1 heterocycles. The van der Waals surface area contributed by atoms with Gasteiger partial charge in [0.2, 0.25) is 0 Å². The zero-order valence-corrected chi connectivity index (χ0v) is 15.3. The Labute approximate surface area is 150 Å². The van der Waals surface area contributed by atoms with Crippen molar-refractivity contribution in [2.24, 2.45) is 11.7 Å². The van der Waals surface area contributed by atoms with Crippen molar-refractivity contribution in [3.63, 3.8) is 0 Å². The van der Waals surface area contributed by atoms with Crippen LogP contribution < -0.4 is 20.5 Å². The number of carbonyl (C=O) groups is 2. The van der Waals surface area contributed by atoms with Gasteiger partial charge < -0.3 is 20.5 Å². The molecule has 0 bridgehead atoms. The summed E-state index contributed by atoms with van der Waals surface area (Å²) in [6, 6.07) is 8.71. The van der Waals surface area contributed by atoms with Crippen LogP contribution in [0.25, 0.3) is 0 Å². The third-order valence-electron chi connectivity index (χ3n) is 3.60. The van der Waals surface area contributed by atoms with Crippen LogP contribution in [0.2, 0.25) is 0 Å². The van der Waals surface area contributed by atoms with E-state index in [1.165, 1.54) is 7.11 Å². The van der Waals surface area contributed by atoms with Crippen LogP contribution in [0.5, 0.6) is 11.5 Å². The Kier molecular flexibility index (Phi) is 6.41. The molecule has 2 aromatic rings. The Morgan fingerprint density at radius 1 is 1.24 bits per heavy atom. The van der Waals surface area contributed by atoms with E-state index in [0.717, 1.165) is 4.88 Å². The smallest absolute Gasteiger partial charge is 0.255 e. The molecule has 25 heavy (non-hydrogen) atoms. The molecule has 0 unspecified atom stereocenters. The number of rotatable bonds is 8. The van der Waals surface area contributed by atoms with Gasteiger partial charge in [0, 0.05) is 10.4 Å². The van der Waals surface area contributed by atoms with Gasteiger partial charge in [0.25, 0.3) is 11.8 Å². The average molecular weight is 362 g/mol. The third-order valence-corrected chi connectivity index (χ3v) is 4.55. The SMILES string of the molecule is COc1cc(C(=O)N[C@@H](c2cccs2)C(C)C)ccc1OCC(N)=O. The highest BCUT2D eigenvalue weighted by Crippen LogP contribution is 2.29. The number of hydrogen-bond donors (Lipinski definition) is 2. The molecule has 134 valence electrons. The molecule has 0 saturated carbocycles. The molecule has 0 aliphatic heterocycles. The maximum atomic E-state index is 12.6. The lowest BCUT2D eigenvalue weighted by atomic mass is 10.0. The van der Waals surface area contributed by atoms with Crippen molar-refractivity contribution in [2.45, 2.75) is 19.9 Å². The second-order valence-electron chi connectivity index (χ2n) is 5.83. The summed E-state index contributed by atoms with van der Waals surface area (Å²) in [7, 11) is 1.47. The molecule has 0 aliphatic rings. The van der Waals surface area contributed by atoms with E-state index in [4.69, 9.17) is 15.2 Å². The number of thiophene rings is 1. The molecule has 0 radical (unpaired) electrons. The second-order valence-corrected chi connectivity index (χ2v) is 6.81. The van der Waals surface area contributed by atoms with Crippen LogP contribution in [-0.2, 0) is 4.79 Å². The molecule has 0 saturated heterocycles. The van der Waals surface area contributed by atoms with Crippen molar-refractivity contribution < 1.29 is 19.1 Å². The quantitative estimate of drug-likeness (QED) is 0.755. The number of ether oxygens (including phenoxy) is 2. The molecule has 2 amide bonds. The molecule has 0 fully saturated rings. The Morgan fingerprint density at radius 3 is 2.56 bits per heavy atom. The van der Waals surface area contributed by atoms with Crippen LogP contribution in [0.15, 0.2) is 35.7 Å². The number of nitrogens with one attached hydrogen (secondary N) is 1. The van der Waals surface area contributed by atoms with Crippen LogP contribution in [0.3, 0.4) is 0 Å². The highest BCUT2D eigenvalue weighted by molar-refractivity contribution is 7.10. The van der Waals surface area contributed by atoms with Crippen LogP contribution in [0.4, 0.5) is 0 Å². The highest BCUT2D eigenvalue weighted by atomic mass is 32.1. The van der Waals surface area contributed by atoms with Gasteiger partial charge in [-0.25, -0.2) is 0 Å². The molecular weight excluding hydrogens is 340 g/mol. The van der Waals surface area contributed by atoms with Gasteiger partial charge in [-0.15, -0.1) is 11.3 Å². The number of benzene rings is 1. The zero-order valence-electron chi connectivity index (χ0n) is 14.4. The van der Waals surface area contributed by atoms with Crippen molar-refractivity contribution in [1.29, 1.82) is 0 Å². The lowest BCUT2D eigenvalue weighted by molar-refractivity contribution is -0.119. The first-order valence-corrected chi connectivity index (χ1v) is 8.73. The lowest BCUT2D eigenvalue weighted by Gasteiger charge is -2.21. The van der Waals surface area contributed by atoms with Crippen molar-refractivity contribution in [3.8, 4) is 11.5 Å². The van der Waals surface area contributed by atoms with Gasteiger partial charge in [-0.2, -0.15) is 0 Å². The third kappa shape index (κ3) is 4.96. The largest absolute Gasteiger partial charge is 0.493 e. The van der Waals surface area contributed by atoms with Crippen molar-refractivity contribution in [2.75, 3.05) is 13.7 Å². The number of amides is 2. The minimum atomic E-state index is -0.584. The highest BCUT2D eigenvalue weighted by Gasteiger charge is 2.21. The van der Waals surface area contributed by atoms with Crippen molar-refractivity contribution >= 4 is 23.2 Å². The van der Waals surface area contributed by atoms with Gasteiger partial charge in [0.15, 0.2) is 18.1 Å². The molecular formula is C18H22N2O4S. The van der Waals surface area contributed by atoms with Crippen molar-refractivity contribution in [3.05, 3.63) is 46.2 Å². The minimum Gasteiger partial charge on any atom is -0.493 e. The van der Waals surface area contributed by atoms with E-state index in [-0.39, 0.29) is 24.5 Å². The molecule has 6 nitrogen and oxygen atoms in total. The van der Waals surface area contributed by atoms with Crippen molar-refractivity contribution in [1.82, 2.24) is 5.32 Å². The van der Waals surface area contributed by atoms with Crippen LogP contribution in [-0.4, -0.2) is 25.5 Å². The minimum absolute atomic E-state index is 0.0655. The maximum absolute atomic E-state index is 12.6. The molecule has 0 spiro atoms. The Hall–Kier alpha value is -2.54. The molecule has 1 atom stereocenters. The van der Waals surface area contributed by atoms with Crippen LogP contribution >= 0.6 is 11.3 Å². The second kappa shape index (κ2) is 8.53. The predicted octanol–water partition coefficient (Wildman–Crippen LogP) is 2.75. The normalized spacial score (nSPS) is 11.8. The zero-order chi connectivity index (χ0) is 18.4. The van der Waals surface area contributed by atoms with E-state index in [2.05, 4.69) is 19.2 Å². The summed E-state index contributed by atoms with van der Waals surface area (Å²) in [5.74, 6) is 0.191. The summed E-state index contributed by atoms with van der Waals surface area (Å²) >= 11 is 1.61. The maximum Gasteiger partial charge on any atom is 0.255 e. The van der Waals surface area contributed by atoms with Gasteiger partial charge in [-0.3, -0.25) is 9.59 Å². The Balaban J connectivity index is 2.16. The van der Waals surface area contributed by atoms with E-state index in [1.54, 1.807) is 29.5 Å². The van der Waals surface area contributed by atoms with Gasteiger partial charge >= 0.3 is 0 Å². The summed E-state index contributed by atoms with van der Waals surface area (Å²) in [4.78, 5) is 24.6. The summed E-state index contributed by atoms with van der Waals surface area (Å²) in [6.45, 7) is 3.87. The molecule has 3 N–H and O–H groups in total. The number of hydrogen-bond acceptors (Lipinski definition) is 5. The first-order valence-electron chi connectivity index (χ1n) is 7.85. The van der Waals surface area contributed by atoms with E-state index in [9.17, 15) is 9.59 Å². The standard InChI is InChI=1S/C18H22N2O4S/c1-11(2)17(15-5-4-8-25-15)20-18(22)12-6-7-13(14(9-12)23-3)24-10-16(19)21/h4-9,11,17H,10H2,1-3H3,(H2,19,21)(H,20,22)/t17-/m1/s1. The topological polar surface area (TPSA) is 90.7 Å². The first kappa shape index (κ1) is 18.8. The fourth-order valence-electron chi connectivity index (χ4n) is 2.34. The summed E-state index contributed by atoms with van der Waals surface area (Å²) < 4.78 is 10.5. The summed E-state index contributed by atoms with van der Waals surface area (Å²) in [5.41, 5.74) is 5.52. The molecule has 1 aromatic heterocycles. The Morgan fingerprint density at radius 2 is 2.00 bits per heavy atom. The van der Waals surface area contributed by atoms with E-state index >= 15 is 0 Å². The average Bonchev–Trinajstić information content (AvgIpc) is 3.11. The number of methoxy groups -OCH3 is 1. The van der Waals surface area contributed by atoms with Gasteiger partial charge in [0.1, 0.15) is 0 Å². The van der Waals surface area contributed by atoms with E-state index in [1.807, 2.05) is 17.5 Å². The summed E-state index contributed by atoms with van der Waals surface area (Å²) in [6.07, 6.45) is 0. The lowest BCUT2D eigenvalue weighted by Crippen LogP contribution is -2.31. The number of nitrogens with two attached hydrogens (primary N) is 1.